The van der Waals surface area contributed by atoms with Crippen molar-refractivity contribution in [1.82, 2.24) is 10.9 Å². The van der Waals surface area contributed by atoms with Crippen LogP contribution in [0.15, 0.2) is 58.8 Å². The third-order valence-electron chi connectivity index (χ3n) is 7.10. The average molecular weight is 470 g/mol. The van der Waals surface area contributed by atoms with E-state index in [2.05, 4.69) is 48.9 Å². The van der Waals surface area contributed by atoms with Crippen molar-refractivity contribution in [2.75, 3.05) is 13.7 Å². The van der Waals surface area contributed by atoms with Gasteiger partial charge in [0.1, 0.15) is 5.60 Å². The van der Waals surface area contributed by atoms with E-state index in [1.165, 1.54) is 5.57 Å². The van der Waals surface area contributed by atoms with Gasteiger partial charge in [0.15, 0.2) is 5.75 Å². The molecule has 1 unspecified atom stereocenters. The average Bonchev–Trinajstić information content (AvgIpc) is 3.60. The molecular formula is C27H39N3O4. The monoisotopic (exact) mass is 469 g/mol. The Morgan fingerprint density at radius 2 is 1.91 bits per heavy atom. The number of rotatable bonds is 10. The third kappa shape index (κ3) is 5.95. The van der Waals surface area contributed by atoms with Gasteiger partial charge in [0.05, 0.1) is 29.9 Å². The Labute approximate surface area is 203 Å². The zero-order chi connectivity index (χ0) is 24.8. The number of nitrogens with zero attached hydrogens (tertiary/aromatic N) is 1. The van der Waals surface area contributed by atoms with Crippen molar-refractivity contribution >= 4 is 11.6 Å². The van der Waals surface area contributed by atoms with E-state index in [1.54, 1.807) is 7.11 Å². The van der Waals surface area contributed by atoms with E-state index in [0.29, 0.717) is 18.8 Å². The Hall–Kier alpha value is -2.48. The first-order valence-corrected chi connectivity index (χ1v) is 12.0. The molecule has 1 amide bonds. The Bertz CT molecular complexity index is 932. The molecule has 186 valence electrons. The lowest BCUT2D eigenvalue weighted by Crippen LogP contribution is -2.65. The van der Waals surface area contributed by atoms with Crippen molar-refractivity contribution < 1.29 is 19.1 Å². The van der Waals surface area contributed by atoms with Crippen molar-refractivity contribution in [2.45, 2.75) is 78.0 Å². The molecule has 3 rings (SSSR count). The molecule has 1 saturated heterocycles. The summed E-state index contributed by atoms with van der Waals surface area (Å²) < 4.78 is 12.0. The molecule has 4 atom stereocenters. The van der Waals surface area contributed by atoms with E-state index in [-0.39, 0.29) is 23.7 Å². The van der Waals surface area contributed by atoms with E-state index in [4.69, 9.17) is 14.3 Å². The molecule has 0 aromatic heterocycles. The summed E-state index contributed by atoms with van der Waals surface area (Å²) in [6.07, 6.45) is 6.82. The summed E-state index contributed by atoms with van der Waals surface area (Å²) in [6, 6.07) is 9.40. The lowest BCUT2D eigenvalue weighted by Gasteiger charge is -2.48. The number of nitrogens with one attached hydrogen (secondary N) is 2. The van der Waals surface area contributed by atoms with Crippen LogP contribution in [-0.2, 0) is 14.3 Å². The maximum Gasteiger partial charge on any atom is 0.238 e. The maximum absolute atomic E-state index is 12.5. The minimum Gasteiger partial charge on any atom is -0.379 e. The molecule has 1 aromatic carbocycles. The minimum atomic E-state index is -0.517. The number of hydrogen-bond acceptors (Lipinski definition) is 6. The van der Waals surface area contributed by atoms with Gasteiger partial charge in [0.25, 0.3) is 0 Å². The van der Waals surface area contributed by atoms with E-state index in [9.17, 15) is 4.79 Å². The van der Waals surface area contributed by atoms with E-state index in [0.717, 1.165) is 30.5 Å². The third-order valence-corrected chi connectivity index (χ3v) is 7.10. The van der Waals surface area contributed by atoms with Crippen LogP contribution in [0.5, 0.6) is 5.75 Å². The second-order valence-corrected chi connectivity index (χ2v) is 9.80. The van der Waals surface area contributed by atoms with Gasteiger partial charge in [-0.25, -0.2) is 5.43 Å². The summed E-state index contributed by atoms with van der Waals surface area (Å²) >= 11 is 0. The highest BCUT2D eigenvalue weighted by Gasteiger charge is 2.67. The fourth-order valence-corrected chi connectivity index (χ4v) is 4.81. The van der Waals surface area contributed by atoms with Crippen LogP contribution in [0, 0.1) is 5.41 Å². The van der Waals surface area contributed by atoms with Gasteiger partial charge in [-0.05, 0) is 66.0 Å². The van der Waals surface area contributed by atoms with Crippen LogP contribution in [0.25, 0.3) is 0 Å². The number of methoxy groups -OCH3 is 1. The van der Waals surface area contributed by atoms with E-state index >= 15 is 0 Å². The van der Waals surface area contributed by atoms with Gasteiger partial charge in [-0.3, -0.25) is 10.2 Å². The number of benzene rings is 1. The molecule has 0 bridgehead atoms. The summed E-state index contributed by atoms with van der Waals surface area (Å²) in [5.74, 6) is 0.610. The number of amides is 1. The van der Waals surface area contributed by atoms with Gasteiger partial charge in [0.2, 0.25) is 5.91 Å². The Kier molecular flexibility index (Phi) is 8.68. The van der Waals surface area contributed by atoms with Crippen molar-refractivity contribution in [3.8, 4) is 5.75 Å². The van der Waals surface area contributed by atoms with Gasteiger partial charge in [0, 0.05) is 13.5 Å². The van der Waals surface area contributed by atoms with E-state index < -0.39 is 5.41 Å². The number of hydrazine groups is 1. The molecule has 7 heteroatoms. The van der Waals surface area contributed by atoms with Crippen LogP contribution in [0.2, 0.25) is 0 Å². The quantitative estimate of drug-likeness (QED) is 0.224. The number of ether oxygens (including phenoxy) is 2. The first kappa shape index (κ1) is 26.1. The predicted octanol–water partition coefficient (Wildman–Crippen LogP) is 4.71. The molecule has 1 aliphatic carbocycles. The molecule has 2 aliphatic rings. The number of carbonyl (C=O) groups is 1. The van der Waals surface area contributed by atoms with Crippen LogP contribution in [0.3, 0.4) is 0 Å². The van der Waals surface area contributed by atoms with Crippen LogP contribution in [-0.4, -0.2) is 43.1 Å². The van der Waals surface area contributed by atoms with Crippen LogP contribution < -0.4 is 15.7 Å². The largest absolute Gasteiger partial charge is 0.379 e. The highest BCUT2D eigenvalue weighted by atomic mass is 16.6. The van der Waals surface area contributed by atoms with Crippen molar-refractivity contribution in [3.63, 3.8) is 0 Å². The van der Waals surface area contributed by atoms with E-state index in [1.807, 2.05) is 44.2 Å². The van der Waals surface area contributed by atoms with Crippen molar-refractivity contribution in [3.05, 3.63) is 53.6 Å². The van der Waals surface area contributed by atoms with Crippen molar-refractivity contribution in [2.24, 2.45) is 10.6 Å². The first-order valence-electron chi connectivity index (χ1n) is 12.0. The smallest absolute Gasteiger partial charge is 0.238 e. The van der Waals surface area contributed by atoms with Crippen LogP contribution >= 0.6 is 0 Å². The van der Waals surface area contributed by atoms with Crippen LogP contribution in [0.1, 0.15) is 60.3 Å². The Morgan fingerprint density at radius 1 is 1.21 bits per heavy atom. The van der Waals surface area contributed by atoms with Gasteiger partial charge in [-0.15, -0.1) is 0 Å². The summed E-state index contributed by atoms with van der Waals surface area (Å²) in [4.78, 5) is 18.2. The van der Waals surface area contributed by atoms with Gasteiger partial charge < -0.3 is 14.3 Å². The van der Waals surface area contributed by atoms with Crippen molar-refractivity contribution in [1.29, 1.82) is 0 Å². The lowest BCUT2D eigenvalue weighted by atomic mass is 9.61. The van der Waals surface area contributed by atoms with Gasteiger partial charge >= 0.3 is 0 Å². The zero-order valence-electron chi connectivity index (χ0n) is 21.3. The molecule has 2 fully saturated rings. The zero-order valence-corrected chi connectivity index (χ0v) is 21.3. The summed E-state index contributed by atoms with van der Waals surface area (Å²) in [5, 5.41) is 4.46. The number of para-hydroxylation sites is 1. The topological polar surface area (TPSA) is 84.5 Å². The highest BCUT2D eigenvalue weighted by Crippen LogP contribution is 2.55. The summed E-state index contributed by atoms with van der Waals surface area (Å²) in [5.41, 5.74) is 8.40. The predicted molar refractivity (Wildman–Crippen MR) is 134 cm³/mol. The van der Waals surface area contributed by atoms with Gasteiger partial charge in [-0.2, -0.15) is 0 Å². The SMILES string of the molecule is CO[C@@H]1C(NNC(=O)C/C(C)=C/CC=C(C)C)CC[C@]2(CO2)[C@@]1(C)/C(C)=N/Oc1ccccc1. The lowest BCUT2D eigenvalue weighted by molar-refractivity contribution is -0.123. The molecule has 1 spiro atoms. The molecular weight excluding hydrogens is 430 g/mol. The van der Waals surface area contributed by atoms with Gasteiger partial charge in [-0.1, -0.05) is 46.7 Å². The molecule has 1 heterocycles. The normalized spacial score (nSPS) is 29.0. The second kappa shape index (κ2) is 11.3. The number of hydrogen-bond donors (Lipinski definition) is 2. The minimum absolute atomic E-state index is 0.0664. The number of carbonyl (C=O) groups excluding carboxylic acids is 1. The fourth-order valence-electron chi connectivity index (χ4n) is 4.81. The summed E-state index contributed by atoms with van der Waals surface area (Å²) in [6.45, 7) is 10.9. The molecule has 1 aromatic rings. The highest BCUT2D eigenvalue weighted by molar-refractivity contribution is 5.90. The molecule has 7 nitrogen and oxygen atoms in total. The van der Waals surface area contributed by atoms with Crippen LogP contribution in [0.4, 0.5) is 0 Å². The number of allylic oxidation sites excluding steroid dienone is 3. The number of epoxide rings is 1. The standard InChI is InChI=1S/C27H39N3O4/c1-19(2)11-10-12-20(3)17-24(31)29-28-23-15-16-27(18-33-27)26(5,25(23)32-6)21(4)30-34-22-13-8-7-9-14-22/h7-9,11-14,23,25,28H,10,15-18H2,1-6H3,(H,29,31)/b20-12+,30-21+/t23?,25-,26+,27+/m1/s1. The number of oxime groups is 1. The summed E-state index contributed by atoms with van der Waals surface area (Å²) in [7, 11) is 1.70. The Balaban J connectivity index is 1.67. The molecule has 0 radical (unpaired) electrons. The maximum atomic E-state index is 12.5. The molecule has 2 N–H and O–H groups in total. The second-order valence-electron chi connectivity index (χ2n) is 9.80. The molecule has 1 saturated carbocycles. The first-order chi connectivity index (χ1) is 16.2. The molecule has 34 heavy (non-hydrogen) atoms. The Morgan fingerprint density at radius 3 is 2.53 bits per heavy atom. The fraction of sp³-hybridized carbons (Fsp3) is 0.556. The molecule has 1 aliphatic heterocycles.